The summed E-state index contributed by atoms with van der Waals surface area (Å²) >= 11 is 11.7. The number of hydrogen-bond acceptors (Lipinski definition) is 1. The highest BCUT2D eigenvalue weighted by molar-refractivity contribution is 6.42. The summed E-state index contributed by atoms with van der Waals surface area (Å²) in [5.74, 6) is -0.102. The Labute approximate surface area is 115 Å². The molecule has 0 atom stereocenters. The van der Waals surface area contributed by atoms with Crippen molar-refractivity contribution in [3.05, 3.63) is 63.9 Å². The third-order valence-electron chi connectivity index (χ3n) is 2.59. The molecular formula is C14H11Cl2NO. The highest BCUT2D eigenvalue weighted by Crippen LogP contribution is 2.23. The number of ketones is 1. The van der Waals surface area contributed by atoms with Gasteiger partial charge in [0.25, 0.3) is 0 Å². The van der Waals surface area contributed by atoms with Crippen LogP contribution in [0.25, 0.3) is 6.08 Å². The fraction of sp³-hybridized carbons (Fsp3) is 0.0714. The van der Waals surface area contributed by atoms with Gasteiger partial charge in [-0.25, -0.2) is 0 Å². The van der Waals surface area contributed by atoms with Crippen molar-refractivity contribution in [1.29, 1.82) is 0 Å². The van der Waals surface area contributed by atoms with Crippen LogP contribution in [0.15, 0.2) is 42.6 Å². The first-order valence-corrected chi connectivity index (χ1v) is 6.12. The number of halogens is 2. The maximum absolute atomic E-state index is 11.9. The average Bonchev–Trinajstić information content (AvgIpc) is 2.75. The van der Waals surface area contributed by atoms with Crippen molar-refractivity contribution in [1.82, 2.24) is 4.57 Å². The van der Waals surface area contributed by atoms with E-state index in [1.54, 1.807) is 24.3 Å². The van der Waals surface area contributed by atoms with Crippen molar-refractivity contribution in [3.63, 3.8) is 0 Å². The Balaban J connectivity index is 2.20. The van der Waals surface area contributed by atoms with Crippen LogP contribution in [0.2, 0.25) is 10.0 Å². The van der Waals surface area contributed by atoms with Crippen LogP contribution in [0.1, 0.15) is 16.1 Å². The van der Waals surface area contributed by atoms with Crippen molar-refractivity contribution in [3.8, 4) is 0 Å². The zero-order chi connectivity index (χ0) is 13.1. The topological polar surface area (TPSA) is 22.0 Å². The SMILES string of the molecule is Cn1cccc1/C=C/C(=O)c1ccc(Cl)c(Cl)c1. The Hall–Kier alpha value is -1.51. The Morgan fingerprint density at radius 2 is 2.00 bits per heavy atom. The Bertz CT molecular complexity index is 614. The highest BCUT2D eigenvalue weighted by atomic mass is 35.5. The van der Waals surface area contributed by atoms with E-state index in [9.17, 15) is 4.79 Å². The van der Waals surface area contributed by atoms with Crippen LogP contribution in [-0.4, -0.2) is 10.4 Å². The summed E-state index contributed by atoms with van der Waals surface area (Å²) in [5, 5.41) is 0.828. The lowest BCUT2D eigenvalue weighted by molar-refractivity contribution is 0.104. The van der Waals surface area contributed by atoms with E-state index in [0.29, 0.717) is 15.6 Å². The van der Waals surface area contributed by atoms with Gasteiger partial charge in [0.05, 0.1) is 10.0 Å². The van der Waals surface area contributed by atoms with E-state index >= 15 is 0 Å². The van der Waals surface area contributed by atoms with Crippen LogP contribution >= 0.6 is 23.2 Å². The summed E-state index contributed by atoms with van der Waals surface area (Å²) in [7, 11) is 1.92. The monoisotopic (exact) mass is 279 g/mol. The summed E-state index contributed by atoms with van der Waals surface area (Å²) in [6.07, 6.45) is 5.21. The molecule has 0 fully saturated rings. The number of aromatic nitrogens is 1. The third-order valence-corrected chi connectivity index (χ3v) is 3.33. The standard InChI is InChI=1S/C14H11Cl2NO/c1-17-8-2-3-11(17)5-7-14(18)10-4-6-12(15)13(16)9-10/h2-9H,1H3/b7-5+. The molecule has 0 radical (unpaired) electrons. The smallest absolute Gasteiger partial charge is 0.185 e. The van der Waals surface area contributed by atoms with E-state index in [4.69, 9.17) is 23.2 Å². The molecule has 18 heavy (non-hydrogen) atoms. The van der Waals surface area contributed by atoms with Gasteiger partial charge in [0.1, 0.15) is 0 Å². The van der Waals surface area contributed by atoms with Gasteiger partial charge >= 0.3 is 0 Å². The number of carbonyl (C=O) groups is 1. The van der Waals surface area contributed by atoms with Gasteiger partial charge in [-0.1, -0.05) is 23.2 Å². The molecule has 2 aromatic rings. The molecule has 1 aromatic carbocycles. The van der Waals surface area contributed by atoms with Gasteiger partial charge in [0.2, 0.25) is 0 Å². The molecule has 0 spiro atoms. The average molecular weight is 280 g/mol. The maximum atomic E-state index is 11.9. The lowest BCUT2D eigenvalue weighted by Crippen LogP contribution is -1.95. The Morgan fingerprint density at radius 3 is 2.61 bits per heavy atom. The van der Waals surface area contributed by atoms with Gasteiger partial charge in [-0.2, -0.15) is 0 Å². The van der Waals surface area contributed by atoms with Crippen LogP contribution in [0.4, 0.5) is 0 Å². The molecule has 92 valence electrons. The molecule has 1 aromatic heterocycles. The van der Waals surface area contributed by atoms with Gasteiger partial charge in [-0.3, -0.25) is 4.79 Å². The second-order valence-corrected chi connectivity index (χ2v) is 4.68. The van der Waals surface area contributed by atoms with Gasteiger partial charge in [0.15, 0.2) is 5.78 Å². The van der Waals surface area contributed by atoms with Crippen LogP contribution in [-0.2, 0) is 7.05 Å². The summed E-state index contributed by atoms with van der Waals surface area (Å²) in [6, 6.07) is 8.70. The molecular weight excluding hydrogens is 269 g/mol. The normalized spacial score (nSPS) is 11.1. The summed E-state index contributed by atoms with van der Waals surface area (Å²) in [4.78, 5) is 11.9. The summed E-state index contributed by atoms with van der Waals surface area (Å²) in [5.41, 5.74) is 1.48. The molecule has 0 bridgehead atoms. The number of carbonyl (C=O) groups excluding carboxylic acids is 1. The fourth-order valence-corrected chi connectivity index (χ4v) is 1.85. The molecule has 2 rings (SSSR count). The van der Waals surface area contributed by atoms with Gasteiger partial charge < -0.3 is 4.57 Å². The zero-order valence-electron chi connectivity index (χ0n) is 9.73. The summed E-state index contributed by atoms with van der Waals surface area (Å²) < 4.78 is 1.93. The molecule has 4 heteroatoms. The Kier molecular flexibility index (Phi) is 3.90. The number of aryl methyl sites for hydroxylation is 1. The largest absolute Gasteiger partial charge is 0.351 e. The van der Waals surface area contributed by atoms with Crippen molar-refractivity contribution < 1.29 is 4.79 Å². The second kappa shape index (κ2) is 5.42. The molecule has 1 heterocycles. The third kappa shape index (κ3) is 2.84. The number of rotatable bonds is 3. The molecule has 0 N–H and O–H groups in total. The first-order chi connectivity index (χ1) is 8.58. The lowest BCUT2D eigenvalue weighted by atomic mass is 10.1. The summed E-state index contributed by atoms with van der Waals surface area (Å²) in [6.45, 7) is 0. The zero-order valence-corrected chi connectivity index (χ0v) is 11.2. The van der Waals surface area contributed by atoms with Gasteiger partial charge in [-0.15, -0.1) is 0 Å². The first kappa shape index (κ1) is 12.9. The molecule has 0 aliphatic heterocycles. The number of allylic oxidation sites excluding steroid dienone is 1. The Morgan fingerprint density at radius 1 is 1.22 bits per heavy atom. The lowest BCUT2D eigenvalue weighted by Gasteiger charge is -1.99. The number of benzene rings is 1. The molecule has 0 saturated carbocycles. The first-order valence-electron chi connectivity index (χ1n) is 5.37. The highest BCUT2D eigenvalue weighted by Gasteiger charge is 2.05. The van der Waals surface area contributed by atoms with E-state index in [2.05, 4.69) is 0 Å². The predicted molar refractivity (Wildman–Crippen MR) is 75.2 cm³/mol. The van der Waals surface area contributed by atoms with E-state index in [0.717, 1.165) is 5.69 Å². The van der Waals surface area contributed by atoms with E-state index < -0.39 is 0 Å². The van der Waals surface area contributed by atoms with Crippen LogP contribution < -0.4 is 0 Å². The number of hydrogen-bond donors (Lipinski definition) is 0. The quantitative estimate of drug-likeness (QED) is 0.609. The van der Waals surface area contributed by atoms with E-state index in [-0.39, 0.29) is 5.78 Å². The number of nitrogens with zero attached hydrogens (tertiary/aromatic N) is 1. The van der Waals surface area contributed by atoms with Gasteiger partial charge in [0, 0.05) is 24.5 Å². The van der Waals surface area contributed by atoms with Crippen molar-refractivity contribution >= 4 is 35.1 Å². The van der Waals surface area contributed by atoms with E-state index in [1.165, 1.54) is 6.08 Å². The van der Waals surface area contributed by atoms with Crippen LogP contribution in [0.3, 0.4) is 0 Å². The minimum Gasteiger partial charge on any atom is -0.351 e. The minimum atomic E-state index is -0.102. The molecule has 0 aliphatic rings. The van der Waals surface area contributed by atoms with Gasteiger partial charge in [-0.05, 0) is 42.5 Å². The minimum absolute atomic E-state index is 0.102. The predicted octanol–water partition coefficient (Wildman–Crippen LogP) is 4.23. The molecule has 0 aliphatic carbocycles. The van der Waals surface area contributed by atoms with Crippen molar-refractivity contribution in [2.45, 2.75) is 0 Å². The molecule has 0 amide bonds. The molecule has 2 nitrogen and oxygen atoms in total. The maximum Gasteiger partial charge on any atom is 0.185 e. The molecule has 0 saturated heterocycles. The fourth-order valence-electron chi connectivity index (χ4n) is 1.55. The van der Waals surface area contributed by atoms with Crippen molar-refractivity contribution in [2.24, 2.45) is 7.05 Å². The van der Waals surface area contributed by atoms with Crippen molar-refractivity contribution in [2.75, 3.05) is 0 Å². The van der Waals surface area contributed by atoms with E-state index in [1.807, 2.05) is 29.9 Å². The second-order valence-electron chi connectivity index (χ2n) is 3.87. The van der Waals surface area contributed by atoms with Crippen LogP contribution in [0, 0.1) is 0 Å². The van der Waals surface area contributed by atoms with Crippen LogP contribution in [0.5, 0.6) is 0 Å². The molecule has 0 unspecified atom stereocenters.